The molecule has 0 fully saturated rings. The molecule has 13 nitrogen and oxygen atoms in total. The van der Waals surface area contributed by atoms with Crippen LogP contribution in [0.2, 0.25) is 0 Å². The summed E-state index contributed by atoms with van der Waals surface area (Å²) in [6.07, 6.45) is -3.90. The summed E-state index contributed by atoms with van der Waals surface area (Å²) >= 11 is 0. The quantitative estimate of drug-likeness (QED) is 0.136. The minimum atomic E-state index is -1.71. The van der Waals surface area contributed by atoms with Crippen LogP contribution in [0.4, 0.5) is 0 Å². The van der Waals surface area contributed by atoms with Crippen molar-refractivity contribution in [3.8, 4) is 0 Å². The van der Waals surface area contributed by atoms with Crippen LogP contribution >= 0.6 is 0 Å². The van der Waals surface area contributed by atoms with Gasteiger partial charge in [-0.25, -0.2) is 4.99 Å². The number of hydrogen-bond donors (Lipinski definition) is 8. The second-order valence-electron chi connectivity index (χ2n) is 6.02. The maximum Gasteiger partial charge on any atom is 0.305 e. The zero-order valence-electron chi connectivity index (χ0n) is 15.1. The molecule has 1 aliphatic rings. The van der Waals surface area contributed by atoms with Crippen LogP contribution in [0.25, 0.3) is 0 Å². The van der Waals surface area contributed by atoms with Crippen molar-refractivity contribution in [2.24, 2.45) is 16.5 Å². The molecule has 158 valence electrons. The number of carbonyl (C=O) groups is 3. The summed E-state index contributed by atoms with van der Waals surface area (Å²) < 4.78 is 5.43. The van der Waals surface area contributed by atoms with Gasteiger partial charge in [-0.05, 0) is 6.08 Å². The molecule has 0 aromatic carbocycles. The van der Waals surface area contributed by atoms with Crippen molar-refractivity contribution in [2.75, 3.05) is 13.2 Å². The highest BCUT2D eigenvalue weighted by Crippen LogP contribution is 2.24. The number of nitrogens with one attached hydrogen (secondary N) is 2. The van der Waals surface area contributed by atoms with Crippen LogP contribution in [-0.2, 0) is 19.1 Å². The number of carbonyl (C=O) groups excluding carboxylic acids is 2. The largest absolute Gasteiger partial charge is 0.481 e. The van der Waals surface area contributed by atoms with Gasteiger partial charge >= 0.3 is 5.97 Å². The third-order valence-corrected chi connectivity index (χ3v) is 3.74. The summed E-state index contributed by atoms with van der Waals surface area (Å²) in [6.45, 7) is 0.185. The number of nitrogens with zero attached hydrogens (tertiary/aromatic N) is 1. The van der Waals surface area contributed by atoms with Gasteiger partial charge in [0.25, 0.3) is 5.91 Å². The SMILES string of the molecule is CC(=O)N[C@H]1[C@H]([C@H](O)[C@H](O)CO)OC(C(=O)NCCC(=O)O)=C[C@@H]1N=C(N)N. The summed E-state index contributed by atoms with van der Waals surface area (Å²) in [7, 11) is 0. The zero-order chi connectivity index (χ0) is 21.4. The van der Waals surface area contributed by atoms with Crippen LogP contribution in [0.15, 0.2) is 16.8 Å². The molecule has 1 aliphatic heterocycles. The Hall–Kier alpha value is -2.90. The minimum absolute atomic E-state index is 0.191. The van der Waals surface area contributed by atoms with Crippen molar-refractivity contribution in [3.05, 3.63) is 11.8 Å². The number of aliphatic carboxylic acids is 1. The molecule has 0 spiro atoms. The van der Waals surface area contributed by atoms with E-state index in [1.165, 1.54) is 13.0 Å². The van der Waals surface area contributed by atoms with E-state index in [1.54, 1.807) is 0 Å². The molecule has 0 saturated carbocycles. The fourth-order valence-electron chi connectivity index (χ4n) is 2.51. The van der Waals surface area contributed by atoms with Gasteiger partial charge in [-0.1, -0.05) is 0 Å². The molecule has 0 unspecified atom stereocenters. The summed E-state index contributed by atoms with van der Waals surface area (Å²) in [5.74, 6) is -3.18. The first-order valence-electron chi connectivity index (χ1n) is 8.28. The highest BCUT2D eigenvalue weighted by atomic mass is 16.5. The van der Waals surface area contributed by atoms with Gasteiger partial charge in [0.2, 0.25) is 5.91 Å². The first-order chi connectivity index (χ1) is 13.1. The third-order valence-electron chi connectivity index (χ3n) is 3.74. The molecule has 0 aliphatic carbocycles. The number of guanidine groups is 1. The van der Waals surface area contributed by atoms with E-state index in [2.05, 4.69) is 15.6 Å². The van der Waals surface area contributed by atoms with Gasteiger partial charge in [-0.15, -0.1) is 0 Å². The van der Waals surface area contributed by atoms with E-state index in [-0.39, 0.29) is 24.7 Å². The molecular formula is C15H25N5O8. The number of aliphatic imine (C=N–C) groups is 1. The Morgan fingerprint density at radius 2 is 1.96 bits per heavy atom. The van der Waals surface area contributed by atoms with E-state index in [0.717, 1.165) is 0 Å². The summed E-state index contributed by atoms with van der Waals surface area (Å²) in [4.78, 5) is 38.3. The lowest BCUT2D eigenvalue weighted by atomic mass is 9.92. The standard InChI is InChI=1S/C15H25N5O8/c1-6(22)19-11-7(20-15(16)17)4-9(14(27)18-3-2-10(24)25)28-13(11)12(26)8(23)5-21/h4,7-8,11-13,21,23,26H,2-3,5H2,1H3,(H,18,27)(H,19,22)(H,24,25)(H4,16,17,20)/t7-,8+,11+,12+,13+/m0/s1. The van der Waals surface area contributed by atoms with Crippen LogP contribution in [0.3, 0.4) is 0 Å². The Bertz CT molecular complexity index is 648. The molecule has 5 atom stereocenters. The molecular weight excluding hydrogens is 378 g/mol. The fourth-order valence-corrected chi connectivity index (χ4v) is 2.51. The van der Waals surface area contributed by atoms with E-state index in [1.807, 2.05) is 0 Å². The predicted molar refractivity (Wildman–Crippen MR) is 94.5 cm³/mol. The minimum Gasteiger partial charge on any atom is -0.481 e. The van der Waals surface area contributed by atoms with E-state index >= 15 is 0 Å². The Balaban J connectivity index is 3.21. The molecule has 1 rings (SSSR count). The lowest BCUT2D eigenvalue weighted by molar-refractivity contribution is -0.137. The van der Waals surface area contributed by atoms with E-state index in [9.17, 15) is 24.6 Å². The van der Waals surface area contributed by atoms with Crippen LogP contribution in [0.1, 0.15) is 13.3 Å². The normalized spacial score (nSPS) is 23.4. The molecule has 13 heteroatoms. The topological polar surface area (TPSA) is 230 Å². The Morgan fingerprint density at radius 1 is 1.32 bits per heavy atom. The van der Waals surface area contributed by atoms with Gasteiger partial charge in [-0.3, -0.25) is 14.4 Å². The fraction of sp³-hybridized carbons (Fsp3) is 0.600. The molecule has 0 saturated heterocycles. The Kier molecular flexibility index (Phi) is 8.63. The number of nitrogens with two attached hydrogens (primary N) is 2. The molecule has 0 aromatic rings. The number of carboxylic acids is 1. The van der Waals surface area contributed by atoms with E-state index in [0.29, 0.717) is 0 Å². The van der Waals surface area contributed by atoms with Crippen molar-refractivity contribution >= 4 is 23.7 Å². The number of rotatable bonds is 9. The molecule has 0 radical (unpaired) electrons. The zero-order valence-corrected chi connectivity index (χ0v) is 15.1. The number of aliphatic hydroxyl groups excluding tert-OH is 3. The van der Waals surface area contributed by atoms with Crippen LogP contribution in [0, 0.1) is 0 Å². The van der Waals surface area contributed by atoms with Gasteiger partial charge in [0, 0.05) is 13.5 Å². The lowest BCUT2D eigenvalue weighted by Crippen LogP contribution is -2.60. The predicted octanol–water partition coefficient (Wildman–Crippen LogP) is -4.28. The summed E-state index contributed by atoms with van der Waals surface area (Å²) in [6, 6.07) is -2.13. The van der Waals surface area contributed by atoms with Gasteiger partial charge in [0.05, 0.1) is 25.1 Å². The smallest absolute Gasteiger partial charge is 0.305 e. The highest BCUT2D eigenvalue weighted by molar-refractivity contribution is 5.92. The van der Waals surface area contributed by atoms with Crippen molar-refractivity contribution in [1.29, 1.82) is 0 Å². The number of aliphatic hydroxyl groups is 3. The molecule has 10 N–H and O–H groups in total. The Morgan fingerprint density at radius 3 is 2.46 bits per heavy atom. The average Bonchev–Trinajstić information content (AvgIpc) is 2.60. The maximum absolute atomic E-state index is 12.3. The molecule has 28 heavy (non-hydrogen) atoms. The van der Waals surface area contributed by atoms with Crippen molar-refractivity contribution < 1.29 is 39.5 Å². The second kappa shape index (κ2) is 10.4. The number of hydrogen-bond acceptors (Lipinski definition) is 8. The number of ether oxygens (including phenoxy) is 1. The van der Waals surface area contributed by atoms with Crippen molar-refractivity contribution in [2.45, 2.75) is 43.7 Å². The molecule has 0 aromatic heterocycles. The van der Waals surface area contributed by atoms with Crippen LogP contribution in [0.5, 0.6) is 0 Å². The third kappa shape index (κ3) is 6.68. The van der Waals surface area contributed by atoms with Gasteiger partial charge in [-0.2, -0.15) is 0 Å². The monoisotopic (exact) mass is 403 g/mol. The maximum atomic E-state index is 12.3. The molecule has 2 amide bonds. The molecule has 0 bridgehead atoms. The van der Waals surface area contributed by atoms with Crippen molar-refractivity contribution in [1.82, 2.24) is 10.6 Å². The van der Waals surface area contributed by atoms with E-state index in [4.69, 9.17) is 26.4 Å². The first-order valence-corrected chi connectivity index (χ1v) is 8.28. The summed E-state index contributed by atoms with van der Waals surface area (Å²) in [5, 5.41) is 42.6. The highest BCUT2D eigenvalue weighted by Gasteiger charge is 2.43. The lowest BCUT2D eigenvalue weighted by Gasteiger charge is -2.39. The summed E-state index contributed by atoms with van der Waals surface area (Å²) in [5.41, 5.74) is 10.8. The number of amides is 2. The van der Waals surface area contributed by atoms with Crippen molar-refractivity contribution in [3.63, 3.8) is 0 Å². The second-order valence-corrected chi connectivity index (χ2v) is 6.02. The van der Waals surface area contributed by atoms with Gasteiger partial charge in [0.15, 0.2) is 11.7 Å². The van der Waals surface area contributed by atoms with E-state index < -0.39 is 54.8 Å². The Labute approximate surface area is 160 Å². The first kappa shape index (κ1) is 23.1. The van der Waals surface area contributed by atoms with Crippen LogP contribution < -0.4 is 22.1 Å². The molecule has 1 heterocycles. The van der Waals surface area contributed by atoms with Crippen LogP contribution in [-0.4, -0.2) is 87.7 Å². The van der Waals surface area contributed by atoms with Gasteiger partial charge in [0.1, 0.15) is 18.3 Å². The average molecular weight is 403 g/mol. The van der Waals surface area contributed by atoms with Gasteiger partial charge < -0.3 is 47.3 Å². The number of carboxylic acid groups (broad SMARTS) is 1.